The van der Waals surface area contributed by atoms with Crippen LogP contribution >= 0.6 is 0 Å². The normalized spacial score (nSPS) is 9.46. The average Bonchev–Trinajstić information content (AvgIpc) is 2.89. The summed E-state index contributed by atoms with van der Waals surface area (Å²) in [6.45, 7) is 8.55. The van der Waals surface area contributed by atoms with Crippen LogP contribution < -0.4 is 20.4 Å². The van der Waals surface area contributed by atoms with E-state index in [0.29, 0.717) is 0 Å². The number of carbonyl (C=O) groups is 4. The van der Waals surface area contributed by atoms with Crippen molar-refractivity contribution in [3.05, 3.63) is 0 Å². The maximum absolute atomic E-state index is 9.92. The molecule has 0 rings (SSSR count). The monoisotopic (exact) mass is 756 g/mol. The van der Waals surface area contributed by atoms with Crippen molar-refractivity contribution in [2.75, 3.05) is 0 Å². The Balaban J connectivity index is -0.000000139. The van der Waals surface area contributed by atoms with Crippen LogP contribution in [0.3, 0.4) is 0 Å². The number of hydrogen-bond acceptors (Lipinski definition) is 8. The van der Waals surface area contributed by atoms with Crippen LogP contribution in [0.1, 0.15) is 182 Å². The maximum Gasteiger partial charge on any atom is 4.00 e. The Labute approximate surface area is 265 Å². The Kier molecular flexibility index (Phi) is 54.7. The summed E-state index contributed by atoms with van der Waals surface area (Å²) >= 11 is 0. The largest absolute Gasteiger partial charge is 4.00 e. The molecule has 0 heterocycles. The van der Waals surface area contributed by atoms with Gasteiger partial charge < -0.3 is 39.6 Å². The molecule has 41 heavy (non-hydrogen) atoms. The molecule has 0 saturated heterocycles. The minimum Gasteiger partial charge on any atom is -0.550 e. The van der Waals surface area contributed by atoms with Gasteiger partial charge in [-0.05, 0) is 51.4 Å². The minimum atomic E-state index is -0.920. The molecule has 0 spiro atoms. The summed E-state index contributed by atoms with van der Waals surface area (Å²) in [5.74, 6) is -3.68. The fraction of sp³-hybridized carbons (Fsp3) is 0.875. The third-order valence-electron chi connectivity index (χ3n) is 5.94. The Morgan fingerprint density at radius 3 is 0.585 bits per heavy atom. The number of hydrogen-bond donors (Lipinski definition) is 0. The molecule has 0 unspecified atom stereocenters. The molecule has 0 aliphatic carbocycles. The van der Waals surface area contributed by atoms with Crippen molar-refractivity contribution in [3.8, 4) is 0 Å². The Bertz CT molecular complexity index is 460. The van der Waals surface area contributed by atoms with Crippen molar-refractivity contribution in [2.45, 2.75) is 182 Å². The second-order valence-corrected chi connectivity index (χ2v) is 10.1. The zero-order valence-corrected chi connectivity index (χ0v) is 29.6. The molecule has 9 heteroatoms. The van der Waals surface area contributed by atoms with Gasteiger partial charge in [-0.15, -0.1) is 0 Å². The predicted molar refractivity (Wildman–Crippen MR) is 154 cm³/mol. The van der Waals surface area contributed by atoms with E-state index in [1.807, 2.05) is 0 Å². The van der Waals surface area contributed by atoms with Gasteiger partial charge in [0.05, 0.1) is 0 Å². The van der Waals surface area contributed by atoms with Gasteiger partial charge in [-0.1, -0.05) is 130 Å². The summed E-state index contributed by atoms with van der Waals surface area (Å²) in [5, 5.41) is 39.7. The summed E-state index contributed by atoms with van der Waals surface area (Å²) in [4.78, 5) is 39.7. The van der Waals surface area contributed by atoms with E-state index in [2.05, 4.69) is 27.7 Å². The van der Waals surface area contributed by atoms with Gasteiger partial charge in [0.2, 0.25) is 0 Å². The van der Waals surface area contributed by atoms with Crippen molar-refractivity contribution >= 4 is 23.9 Å². The van der Waals surface area contributed by atoms with Gasteiger partial charge in [0.25, 0.3) is 0 Å². The third-order valence-corrected chi connectivity index (χ3v) is 5.94. The van der Waals surface area contributed by atoms with E-state index < -0.39 is 23.9 Å². The zero-order valence-electron chi connectivity index (χ0n) is 26.6. The van der Waals surface area contributed by atoms with Gasteiger partial charge in [-0.3, -0.25) is 0 Å². The molecule has 0 bridgehead atoms. The second-order valence-electron chi connectivity index (χ2n) is 10.1. The van der Waals surface area contributed by atoms with Crippen molar-refractivity contribution in [2.24, 2.45) is 0 Å². The fourth-order valence-electron chi connectivity index (χ4n) is 3.49. The van der Waals surface area contributed by atoms with E-state index in [-0.39, 0.29) is 46.7 Å². The summed E-state index contributed by atoms with van der Waals surface area (Å²) in [6, 6.07) is 0. The SMILES string of the molecule is CCCCCCCC(=O)[O-].CCCCCCCC(=O)[O-].CCCCCCCC(=O)[O-].CCCCCCCC(=O)[O-].[W+4]. The molecule has 8 nitrogen and oxygen atoms in total. The minimum absolute atomic E-state index is 0. The van der Waals surface area contributed by atoms with Gasteiger partial charge in [-0.2, -0.15) is 0 Å². The van der Waals surface area contributed by atoms with E-state index >= 15 is 0 Å². The second kappa shape index (κ2) is 45.6. The molecule has 0 aliphatic rings. The first-order valence-corrected chi connectivity index (χ1v) is 15.9. The van der Waals surface area contributed by atoms with E-state index in [0.717, 1.165) is 77.0 Å². The van der Waals surface area contributed by atoms with Crippen LogP contribution in [-0.4, -0.2) is 23.9 Å². The molecule has 242 valence electrons. The molecule has 0 N–H and O–H groups in total. The molecule has 0 fully saturated rings. The van der Waals surface area contributed by atoms with Crippen LogP contribution in [-0.2, 0) is 40.2 Å². The smallest absolute Gasteiger partial charge is 0.550 e. The van der Waals surface area contributed by atoms with Gasteiger partial charge in [-0.25, -0.2) is 0 Å². The maximum atomic E-state index is 9.92. The third kappa shape index (κ3) is 73.1. The Morgan fingerprint density at radius 2 is 0.463 bits per heavy atom. The number of aliphatic carboxylic acids is 4. The van der Waals surface area contributed by atoms with Crippen molar-refractivity contribution < 1.29 is 60.7 Å². The first-order chi connectivity index (χ1) is 19.1. The molecular weight excluding hydrogens is 696 g/mol. The van der Waals surface area contributed by atoms with Crippen LogP contribution in [0.2, 0.25) is 0 Å². The van der Waals surface area contributed by atoms with Crippen molar-refractivity contribution in [1.82, 2.24) is 0 Å². The number of unbranched alkanes of at least 4 members (excludes halogenated alkanes) is 16. The van der Waals surface area contributed by atoms with Crippen molar-refractivity contribution in [3.63, 3.8) is 0 Å². The topological polar surface area (TPSA) is 161 Å². The zero-order chi connectivity index (χ0) is 31.3. The van der Waals surface area contributed by atoms with Crippen molar-refractivity contribution in [1.29, 1.82) is 0 Å². The quantitative estimate of drug-likeness (QED) is 0.131. The van der Waals surface area contributed by atoms with Gasteiger partial charge in [0.15, 0.2) is 0 Å². The molecule has 0 aliphatic heterocycles. The molecule has 0 aromatic carbocycles. The van der Waals surface area contributed by atoms with Crippen LogP contribution in [0, 0.1) is 0 Å². The summed E-state index contributed by atoms with van der Waals surface area (Å²) in [5.41, 5.74) is 0. The molecule has 0 amide bonds. The van der Waals surface area contributed by atoms with Gasteiger partial charge in [0, 0.05) is 23.9 Å². The van der Waals surface area contributed by atoms with E-state index in [1.54, 1.807) is 0 Å². The standard InChI is InChI=1S/4C8H16O2.W/c4*1-2-3-4-5-6-7-8(9)10;/h4*2-7H2,1H3,(H,9,10);/q;;;;+4/p-4. The van der Waals surface area contributed by atoms with Gasteiger partial charge in [0.1, 0.15) is 0 Å². The predicted octanol–water partition coefficient (Wildman–Crippen LogP) is 4.38. The molecule has 0 saturated carbocycles. The number of carboxylic acid groups (broad SMARTS) is 4. The molecule has 0 atom stereocenters. The van der Waals surface area contributed by atoms with Gasteiger partial charge >= 0.3 is 21.1 Å². The average molecular weight is 757 g/mol. The van der Waals surface area contributed by atoms with Crippen LogP contribution in [0.4, 0.5) is 0 Å². The number of carbonyl (C=O) groups excluding carboxylic acids is 4. The Morgan fingerprint density at radius 1 is 0.317 bits per heavy atom. The molecule has 0 radical (unpaired) electrons. The first kappa shape index (κ1) is 49.3. The van der Waals surface area contributed by atoms with Crippen LogP contribution in [0.5, 0.6) is 0 Å². The Hall–Kier alpha value is -1.43. The molecular formula is C32H60O8W. The summed E-state index contributed by atoms with van der Waals surface area (Å²) < 4.78 is 0. The molecule has 0 aromatic rings. The first-order valence-electron chi connectivity index (χ1n) is 15.9. The van der Waals surface area contributed by atoms with E-state index in [9.17, 15) is 39.6 Å². The number of rotatable bonds is 24. The summed E-state index contributed by atoms with van der Waals surface area (Å²) in [7, 11) is 0. The molecule has 0 aromatic heterocycles. The van der Waals surface area contributed by atoms with Crippen LogP contribution in [0.25, 0.3) is 0 Å². The fourth-order valence-corrected chi connectivity index (χ4v) is 3.49. The number of carboxylic acids is 4. The van der Waals surface area contributed by atoms with E-state index in [4.69, 9.17) is 0 Å². The summed E-state index contributed by atoms with van der Waals surface area (Å²) in [6.07, 6.45) is 22.4. The van der Waals surface area contributed by atoms with E-state index in [1.165, 1.54) is 51.4 Å². The van der Waals surface area contributed by atoms with Crippen LogP contribution in [0.15, 0.2) is 0 Å².